The van der Waals surface area contributed by atoms with E-state index in [0.717, 1.165) is 18.4 Å². The fourth-order valence-corrected chi connectivity index (χ4v) is 2.31. The lowest BCUT2D eigenvalue weighted by molar-refractivity contribution is -0.145. The van der Waals surface area contributed by atoms with Crippen LogP contribution < -0.4 is 0 Å². The number of rotatable bonds is 4. The van der Waals surface area contributed by atoms with Gasteiger partial charge in [0.1, 0.15) is 5.82 Å². The van der Waals surface area contributed by atoms with Crippen molar-refractivity contribution in [2.24, 2.45) is 5.92 Å². The monoisotopic (exact) mass is 252 g/mol. The van der Waals surface area contributed by atoms with E-state index in [1.165, 1.54) is 19.2 Å². The highest BCUT2D eigenvalue weighted by Gasteiger charge is 2.31. The number of carbonyl (C=O) groups is 1. The molecule has 0 radical (unpaired) electrons. The highest BCUT2D eigenvalue weighted by molar-refractivity contribution is 5.72. The molecule has 1 saturated carbocycles. The first-order valence-electron chi connectivity index (χ1n) is 6.13. The highest BCUT2D eigenvalue weighted by Crippen LogP contribution is 2.29. The Morgan fingerprint density at radius 3 is 3.00 bits per heavy atom. The second-order valence-corrected chi connectivity index (χ2v) is 4.60. The van der Waals surface area contributed by atoms with Gasteiger partial charge in [0.15, 0.2) is 0 Å². The van der Waals surface area contributed by atoms with E-state index in [2.05, 4.69) is 0 Å². The number of esters is 1. The summed E-state index contributed by atoms with van der Waals surface area (Å²) in [6.45, 7) is 0.385. The van der Waals surface area contributed by atoms with Crippen LogP contribution in [0.2, 0.25) is 0 Å². The first-order chi connectivity index (χ1) is 8.69. The summed E-state index contributed by atoms with van der Waals surface area (Å²) in [7, 11) is 1.41. The number of carbonyl (C=O) groups excluding carboxylic acids is 1. The maximum atomic E-state index is 13.0. The summed E-state index contributed by atoms with van der Waals surface area (Å²) in [4.78, 5) is 11.4. The summed E-state index contributed by atoms with van der Waals surface area (Å²) in [6.07, 6.45) is 2.43. The normalized spacial score (nSPS) is 23.0. The van der Waals surface area contributed by atoms with Crippen molar-refractivity contribution < 1.29 is 18.7 Å². The maximum Gasteiger partial charge on any atom is 0.308 e. The minimum absolute atomic E-state index is 0.0486. The maximum absolute atomic E-state index is 13.0. The Kier molecular flexibility index (Phi) is 4.31. The smallest absolute Gasteiger partial charge is 0.308 e. The molecule has 1 fully saturated rings. The molecule has 0 N–H and O–H groups in total. The number of benzene rings is 1. The molecule has 1 aromatic carbocycles. The number of hydrogen-bond acceptors (Lipinski definition) is 3. The Labute approximate surface area is 106 Å². The molecule has 0 aromatic heterocycles. The van der Waals surface area contributed by atoms with Gasteiger partial charge >= 0.3 is 5.97 Å². The Bertz CT molecular complexity index is 419. The predicted octanol–water partition coefficient (Wildman–Crippen LogP) is 2.68. The van der Waals surface area contributed by atoms with Crippen LogP contribution in [-0.2, 0) is 20.9 Å². The number of halogens is 1. The van der Waals surface area contributed by atoms with Crippen LogP contribution in [0, 0.1) is 11.7 Å². The van der Waals surface area contributed by atoms with Crippen LogP contribution in [0.4, 0.5) is 4.39 Å². The zero-order chi connectivity index (χ0) is 13.0. The van der Waals surface area contributed by atoms with Crippen molar-refractivity contribution in [3.05, 3.63) is 35.6 Å². The van der Waals surface area contributed by atoms with Gasteiger partial charge in [-0.15, -0.1) is 0 Å². The van der Waals surface area contributed by atoms with E-state index in [4.69, 9.17) is 9.47 Å². The number of ether oxygens (including phenoxy) is 2. The standard InChI is InChI=1S/C14H17FO3/c1-17-14(16)11-5-6-13(8-11)18-9-10-3-2-4-12(15)7-10/h2-4,7,11,13H,5-6,8-9H2,1H3/t11-,13-/m0/s1. The quantitative estimate of drug-likeness (QED) is 0.773. The third kappa shape index (κ3) is 3.29. The molecule has 0 amide bonds. The van der Waals surface area contributed by atoms with E-state index in [1.54, 1.807) is 6.07 Å². The Morgan fingerprint density at radius 1 is 1.44 bits per heavy atom. The zero-order valence-electron chi connectivity index (χ0n) is 10.4. The van der Waals surface area contributed by atoms with Gasteiger partial charge in [0.2, 0.25) is 0 Å². The molecule has 1 aromatic rings. The van der Waals surface area contributed by atoms with E-state index in [-0.39, 0.29) is 23.8 Å². The summed E-state index contributed by atoms with van der Waals surface area (Å²) in [6, 6.07) is 6.37. The van der Waals surface area contributed by atoms with Crippen molar-refractivity contribution in [2.45, 2.75) is 32.0 Å². The van der Waals surface area contributed by atoms with Gasteiger partial charge in [-0.3, -0.25) is 4.79 Å². The summed E-state index contributed by atoms with van der Waals surface area (Å²) >= 11 is 0. The summed E-state index contributed by atoms with van der Waals surface area (Å²) in [5, 5.41) is 0. The lowest BCUT2D eigenvalue weighted by atomic mass is 10.1. The molecule has 3 nitrogen and oxygen atoms in total. The molecule has 18 heavy (non-hydrogen) atoms. The van der Waals surface area contributed by atoms with Crippen molar-refractivity contribution >= 4 is 5.97 Å². The van der Waals surface area contributed by atoms with Crippen LogP contribution in [-0.4, -0.2) is 19.2 Å². The molecule has 0 bridgehead atoms. The second-order valence-electron chi connectivity index (χ2n) is 4.60. The van der Waals surface area contributed by atoms with E-state index in [1.807, 2.05) is 6.07 Å². The fourth-order valence-electron chi connectivity index (χ4n) is 2.31. The van der Waals surface area contributed by atoms with Gasteiger partial charge < -0.3 is 9.47 Å². The molecule has 0 saturated heterocycles. The molecule has 98 valence electrons. The molecule has 0 aliphatic heterocycles. The van der Waals surface area contributed by atoms with E-state index < -0.39 is 0 Å². The van der Waals surface area contributed by atoms with Crippen LogP contribution in [0.5, 0.6) is 0 Å². The Hall–Kier alpha value is -1.42. The molecule has 1 aliphatic rings. The second kappa shape index (κ2) is 5.96. The highest BCUT2D eigenvalue weighted by atomic mass is 19.1. The molecule has 4 heteroatoms. The summed E-state index contributed by atoms with van der Waals surface area (Å²) in [5.74, 6) is -0.464. The lowest BCUT2D eigenvalue weighted by Crippen LogP contribution is -2.15. The number of methoxy groups -OCH3 is 1. The molecule has 0 spiro atoms. The van der Waals surface area contributed by atoms with Crippen LogP contribution >= 0.6 is 0 Å². The van der Waals surface area contributed by atoms with Gasteiger partial charge in [-0.05, 0) is 37.0 Å². The Balaban J connectivity index is 1.80. The van der Waals surface area contributed by atoms with Gasteiger partial charge in [0, 0.05) is 0 Å². The predicted molar refractivity (Wildman–Crippen MR) is 64.3 cm³/mol. The molecule has 0 unspecified atom stereocenters. The molecular weight excluding hydrogens is 235 g/mol. The van der Waals surface area contributed by atoms with Gasteiger partial charge in [-0.2, -0.15) is 0 Å². The van der Waals surface area contributed by atoms with Crippen molar-refractivity contribution in [3.8, 4) is 0 Å². The molecule has 0 heterocycles. The zero-order valence-corrected chi connectivity index (χ0v) is 10.4. The SMILES string of the molecule is COC(=O)[C@H]1CC[C@H](OCc2cccc(F)c2)C1. The fraction of sp³-hybridized carbons (Fsp3) is 0.500. The first-order valence-corrected chi connectivity index (χ1v) is 6.13. The van der Waals surface area contributed by atoms with E-state index >= 15 is 0 Å². The average Bonchev–Trinajstić information content (AvgIpc) is 2.84. The minimum Gasteiger partial charge on any atom is -0.469 e. The van der Waals surface area contributed by atoms with Gasteiger partial charge in [0.25, 0.3) is 0 Å². The van der Waals surface area contributed by atoms with Crippen LogP contribution in [0.25, 0.3) is 0 Å². The molecule has 2 atom stereocenters. The van der Waals surface area contributed by atoms with E-state index in [9.17, 15) is 9.18 Å². The summed E-state index contributed by atoms with van der Waals surface area (Å²) < 4.78 is 23.4. The van der Waals surface area contributed by atoms with Crippen LogP contribution in [0.3, 0.4) is 0 Å². The Morgan fingerprint density at radius 2 is 2.28 bits per heavy atom. The largest absolute Gasteiger partial charge is 0.469 e. The van der Waals surface area contributed by atoms with Crippen molar-refractivity contribution in [3.63, 3.8) is 0 Å². The van der Waals surface area contributed by atoms with Gasteiger partial charge in [-0.1, -0.05) is 12.1 Å². The first kappa shape index (κ1) is 13.0. The summed E-state index contributed by atoms with van der Waals surface area (Å²) in [5.41, 5.74) is 0.816. The molecule has 2 rings (SSSR count). The van der Waals surface area contributed by atoms with Crippen molar-refractivity contribution in [2.75, 3.05) is 7.11 Å². The third-order valence-corrected chi connectivity index (χ3v) is 3.29. The molecular formula is C14H17FO3. The van der Waals surface area contributed by atoms with Crippen LogP contribution in [0.15, 0.2) is 24.3 Å². The van der Waals surface area contributed by atoms with Crippen molar-refractivity contribution in [1.82, 2.24) is 0 Å². The van der Waals surface area contributed by atoms with E-state index in [0.29, 0.717) is 13.0 Å². The van der Waals surface area contributed by atoms with Crippen LogP contribution in [0.1, 0.15) is 24.8 Å². The van der Waals surface area contributed by atoms with Crippen molar-refractivity contribution in [1.29, 1.82) is 0 Å². The molecule has 1 aliphatic carbocycles. The van der Waals surface area contributed by atoms with Gasteiger partial charge in [-0.25, -0.2) is 4.39 Å². The minimum atomic E-state index is -0.255. The van der Waals surface area contributed by atoms with Gasteiger partial charge in [0.05, 0.1) is 25.7 Å². The number of hydrogen-bond donors (Lipinski definition) is 0. The average molecular weight is 252 g/mol. The lowest BCUT2D eigenvalue weighted by Gasteiger charge is -2.12. The third-order valence-electron chi connectivity index (χ3n) is 3.29. The topological polar surface area (TPSA) is 35.5 Å².